The van der Waals surface area contributed by atoms with Crippen molar-refractivity contribution in [3.05, 3.63) is 39.4 Å². The van der Waals surface area contributed by atoms with E-state index in [9.17, 15) is 14.9 Å². The summed E-state index contributed by atoms with van der Waals surface area (Å²) in [5, 5.41) is 11.0. The summed E-state index contributed by atoms with van der Waals surface area (Å²) < 4.78 is 0. The number of nitrogens with zero attached hydrogens (tertiary/aromatic N) is 2. The standard InChI is InChI=1S/C17H25N3O3/c1-12-5-7-15(20(22)23)10-16(12)13(2)19-9-3-4-14(11-19)6-8-17(18)21/h5,7,10,13-14H,3-4,6,8-9,11H2,1-2H3,(H2,18,21)/t13-,14-/m0/s1. The van der Waals surface area contributed by atoms with Crippen molar-refractivity contribution in [2.75, 3.05) is 13.1 Å². The molecule has 0 radical (unpaired) electrons. The van der Waals surface area contributed by atoms with Gasteiger partial charge in [-0.15, -0.1) is 0 Å². The summed E-state index contributed by atoms with van der Waals surface area (Å²) >= 11 is 0. The first kappa shape index (κ1) is 17.4. The van der Waals surface area contributed by atoms with E-state index < -0.39 is 0 Å². The van der Waals surface area contributed by atoms with Gasteiger partial charge in [-0.1, -0.05) is 6.07 Å². The van der Waals surface area contributed by atoms with Crippen LogP contribution in [0.3, 0.4) is 0 Å². The Labute approximate surface area is 136 Å². The Kier molecular flexibility index (Phi) is 5.71. The molecule has 0 aromatic heterocycles. The van der Waals surface area contributed by atoms with Crippen LogP contribution in [-0.2, 0) is 4.79 Å². The number of non-ortho nitro benzene ring substituents is 1. The lowest BCUT2D eigenvalue weighted by Crippen LogP contribution is -2.37. The molecule has 1 saturated heterocycles. The van der Waals surface area contributed by atoms with Crippen LogP contribution in [0, 0.1) is 23.0 Å². The molecule has 126 valence electrons. The van der Waals surface area contributed by atoms with Gasteiger partial charge in [-0.25, -0.2) is 0 Å². The number of likely N-dealkylation sites (tertiary alicyclic amines) is 1. The Hall–Kier alpha value is -1.95. The maximum Gasteiger partial charge on any atom is 0.269 e. The van der Waals surface area contributed by atoms with E-state index in [2.05, 4.69) is 11.8 Å². The molecule has 1 fully saturated rings. The van der Waals surface area contributed by atoms with Gasteiger partial charge in [0.1, 0.15) is 0 Å². The lowest BCUT2D eigenvalue weighted by atomic mass is 9.90. The van der Waals surface area contributed by atoms with Crippen LogP contribution in [0.2, 0.25) is 0 Å². The molecule has 6 nitrogen and oxygen atoms in total. The summed E-state index contributed by atoms with van der Waals surface area (Å²) in [6, 6.07) is 5.19. The van der Waals surface area contributed by atoms with Gasteiger partial charge in [0.25, 0.3) is 5.69 Å². The molecule has 0 unspecified atom stereocenters. The number of nitro benzene ring substituents is 1. The van der Waals surface area contributed by atoms with Gasteiger partial charge in [0.2, 0.25) is 5.91 Å². The molecule has 1 heterocycles. The van der Waals surface area contributed by atoms with Gasteiger partial charge in [0, 0.05) is 31.1 Å². The quantitative estimate of drug-likeness (QED) is 0.645. The second kappa shape index (κ2) is 7.55. The van der Waals surface area contributed by atoms with Crippen molar-refractivity contribution in [1.29, 1.82) is 0 Å². The van der Waals surface area contributed by atoms with E-state index in [4.69, 9.17) is 5.73 Å². The third kappa shape index (κ3) is 4.51. The molecule has 2 N–H and O–H groups in total. The zero-order valence-corrected chi connectivity index (χ0v) is 13.8. The molecule has 0 saturated carbocycles. The topological polar surface area (TPSA) is 89.5 Å². The monoisotopic (exact) mass is 319 g/mol. The summed E-state index contributed by atoms with van der Waals surface area (Å²) in [6.07, 6.45) is 3.46. The number of carbonyl (C=O) groups excluding carboxylic acids is 1. The lowest BCUT2D eigenvalue weighted by molar-refractivity contribution is -0.385. The minimum Gasteiger partial charge on any atom is -0.370 e. The molecule has 1 aliphatic rings. The van der Waals surface area contributed by atoms with Gasteiger partial charge < -0.3 is 5.73 Å². The van der Waals surface area contributed by atoms with Crippen molar-refractivity contribution in [1.82, 2.24) is 4.90 Å². The Bertz CT molecular complexity index is 588. The molecule has 1 aliphatic heterocycles. The minimum atomic E-state index is -0.346. The highest BCUT2D eigenvalue weighted by molar-refractivity contribution is 5.73. The third-order valence-corrected chi connectivity index (χ3v) is 4.82. The molecule has 0 spiro atoms. The maximum absolute atomic E-state index is 11.0. The van der Waals surface area contributed by atoms with Crippen molar-refractivity contribution in [3.8, 4) is 0 Å². The Morgan fingerprint density at radius 1 is 1.52 bits per heavy atom. The summed E-state index contributed by atoms with van der Waals surface area (Å²) in [5.74, 6) is 0.224. The van der Waals surface area contributed by atoms with Crippen molar-refractivity contribution in [2.45, 2.75) is 45.6 Å². The number of amides is 1. The van der Waals surface area contributed by atoms with E-state index >= 15 is 0 Å². The van der Waals surface area contributed by atoms with E-state index in [1.54, 1.807) is 12.1 Å². The third-order valence-electron chi connectivity index (χ3n) is 4.82. The number of piperidine rings is 1. The van der Waals surface area contributed by atoms with Gasteiger partial charge in [-0.3, -0.25) is 19.8 Å². The average molecular weight is 319 g/mol. The number of nitro groups is 1. The number of hydrogen-bond acceptors (Lipinski definition) is 4. The van der Waals surface area contributed by atoms with Gasteiger partial charge >= 0.3 is 0 Å². The van der Waals surface area contributed by atoms with Crippen LogP contribution in [0.25, 0.3) is 0 Å². The molecular formula is C17H25N3O3. The van der Waals surface area contributed by atoms with Crippen molar-refractivity contribution < 1.29 is 9.72 Å². The molecule has 6 heteroatoms. The fourth-order valence-corrected chi connectivity index (χ4v) is 3.42. The molecule has 0 bridgehead atoms. The largest absolute Gasteiger partial charge is 0.370 e. The number of carbonyl (C=O) groups is 1. The lowest BCUT2D eigenvalue weighted by Gasteiger charge is -2.37. The summed E-state index contributed by atoms with van der Waals surface area (Å²) in [5.41, 5.74) is 7.46. The summed E-state index contributed by atoms with van der Waals surface area (Å²) in [4.78, 5) is 24.0. The van der Waals surface area contributed by atoms with Crippen molar-refractivity contribution >= 4 is 11.6 Å². The first-order valence-corrected chi connectivity index (χ1v) is 8.15. The van der Waals surface area contributed by atoms with Gasteiger partial charge in [-0.05, 0) is 56.7 Å². The van der Waals surface area contributed by atoms with Gasteiger partial charge in [0.05, 0.1) is 4.92 Å². The maximum atomic E-state index is 11.0. The average Bonchev–Trinajstić information content (AvgIpc) is 2.52. The van der Waals surface area contributed by atoms with Crippen LogP contribution in [0.1, 0.15) is 49.8 Å². The molecule has 2 atom stereocenters. The van der Waals surface area contributed by atoms with Gasteiger partial charge in [-0.2, -0.15) is 0 Å². The molecule has 0 aliphatic carbocycles. The zero-order chi connectivity index (χ0) is 17.0. The Balaban J connectivity index is 2.10. The predicted molar refractivity (Wildman–Crippen MR) is 89.0 cm³/mol. The first-order chi connectivity index (χ1) is 10.9. The highest BCUT2D eigenvalue weighted by Crippen LogP contribution is 2.31. The fraction of sp³-hybridized carbons (Fsp3) is 0.588. The highest BCUT2D eigenvalue weighted by Gasteiger charge is 2.26. The van der Waals surface area contributed by atoms with Crippen LogP contribution in [0.15, 0.2) is 18.2 Å². The second-order valence-corrected chi connectivity index (χ2v) is 6.48. The number of benzene rings is 1. The van der Waals surface area contributed by atoms with Crippen LogP contribution in [-0.4, -0.2) is 28.8 Å². The summed E-state index contributed by atoms with van der Waals surface area (Å²) in [7, 11) is 0. The SMILES string of the molecule is Cc1ccc([N+](=O)[O-])cc1[C@H](C)N1CCC[C@@H](CCC(N)=O)C1. The van der Waals surface area contributed by atoms with E-state index in [0.717, 1.165) is 43.5 Å². The molecule has 23 heavy (non-hydrogen) atoms. The van der Waals surface area contributed by atoms with Gasteiger partial charge in [0.15, 0.2) is 0 Å². The normalized spacial score (nSPS) is 20.2. The molecule has 1 amide bonds. The van der Waals surface area contributed by atoms with Crippen LogP contribution in [0.4, 0.5) is 5.69 Å². The molecule has 2 rings (SSSR count). The number of aryl methyl sites for hydroxylation is 1. The van der Waals surface area contributed by atoms with Crippen LogP contribution >= 0.6 is 0 Å². The number of rotatable bonds is 6. The minimum absolute atomic E-state index is 0.131. The number of nitrogens with two attached hydrogens (primary N) is 1. The van der Waals surface area contributed by atoms with E-state index in [-0.39, 0.29) is 22.6 Å². The smallest absolute Gasteiger partial charge is 0.269 e. The summed E-state index contributed by atoms with van der Waals surface area (Å²) in [6.45, 7) is 5.99. The highest BCUT2D eigenvalue weighted by atomic mass is 16.6. The first-order valence-electron chi connectivity index (χ1n) is 8.15. The van der Waals surface area contributed by atoms with Crippen molar-refractivity contribution in [2.24, 2.45) is 11.7 Å². The van der Waals surface area contributed by atoms with E-state index in [1.165, 1.54) is 0 Å². The molecule has 1 aromatic carbocycles. The molecular weight excluding hydrogens is 294 g/mol. The van der Waals surface area contributed by atoms with Crippen LogP contribution < -0.4 is 5.73 Å². The van der Waals surface area contributed by atoms with E-state index in [1.807, 2.05) is 13.0 Å². The fourth-order valence-electron chi connectivity index (χ4n) is 3.42. The number of hydrogen-bond donors (Lipinski definition) is 1. The van der Waals surface area contributed by atoms with E-state index in [0.29, 0.717) is 12.3 Å². The van der Waals surface area contributed by atoms with Crippen LogP contribution in [0.5, 0.6) is 0 Å². The zero-order valence-electron chi connectivity index (χ0n) is 13.8. The molecule has 1 aromatic rings. The number of primary amides is 1. The second-order valence-electron chi connectivity index (χ2n) is 6.48. The Morgan fingerprint density at radius 3 is 2.91 bits per heavy atom. The predicted octanol–water partition coefficient (Wildman–Crippen LogP) is 2.94. The van der Waals surface area contributed by atoms with Crippen molar-refractivity contribution in [3.63, 3.8) is 0 Å². The Morgan fingerprint density at radius 2 is 2.26 bits per heavy atom.